The Morgan fingerprint density at radius 2 is 2.05 bits per heavy atom. The van der Waals surface area contributed by atoms with Crippen LogP contribution < -0.4 is 11.3 Å². The fourth-order valence-corrected chi connectivity index (χ4v) is 4.34. The average molecular weight is 353 g/mol. The minimum atomic E-state index is -0.244. The summed E-state index contributed by atoms with van der Waals surface area (Å²) in [6.45, 7) is 0. The first kappa shape index (κ1) is 14.1. The molecule has 0 saturated heterocycles. The molecule has 1 heterocycles. The van der Waals surface area contributed by atoms with Crippen molar-refractivity contribution in [2.75, 3.05) is 0 Å². The lowest BCUT2D eigenvalue weighted by Gasteiger charge is -2.23. The Morgan fingerprint density at radius 3 is 2.80 bits per heavy atom. The molecule has 1 aliphatic rings. The second kappa shape index (κ2) is 5.85. The summed E-state index contributed by atoms with van der Waals surface area (Å²) >= 11 is 4.98. The highest BCUT2D eigenvalue weighted by Gasteiger charge is 2.31. The highest BCUT2D eigenvalue weighted by Crippen LogP contribution is 2.43. The van der Waals surface area contributed by atoms with Crippen molar-refractivity contribution < 1.29 is 4.39 Å². The lowest BCUT2D eigenvalue weighted by molar-refractivity contribution is 0.496. The van der Waals surface area contributed by atoms with Gasteiger partial charge < -0.3 is 0 Å². The van der Waals surface area contributed by atoms with Crippen molar-refractivity contribution in [3.05, 3.63) is 63.9 Å². The monoisotopic (exact) mass is 352 g/mol. The maximum Gasteiger partial charge on any atom is 0.142 e. The fraction of sp³-hybridized carbons (Fsp3) is 0.200. The van der Waals surface area contributed by atoms with Crippen LogP contribution in [0.5, 0.6) is 0 Å². The molecule has 0 amide bonds. The van der Waals surface area contributed by atoms with Crippen molar-refractivity contribution in [2.24, 2.45) is 5.84 Å². The van der Waals surface area contributed by atoms with Gasteiger partial charge in [0.15, 0.2) is 0 Å². The molecule has 0 fully saturated rings. The molecule has 0 bridgehead atoms. The molecule has 0 spiro atoms. The summed E-state index contributed by atoms with van der Waals surface area (Å²) in [6.07, 6.45) is 0.891. The molecule has 1 aliphatic heterocycles. The fourth-order valence-electron chi connectivity index (χ4n) is 2.55. The zero-order valence-electron chi connectivity index (χ0n) is 10.6. The van der Waals surface area contributed by atoms with Crippen molar-refractivity contribution in [1.29, 1.82) is 0 Å². The van der Waals surface area contributed by atoms with Crippen LogP contribution in [0.15, 0.2) is 51.8 Å². The van der Waals surface area contributed by atoms with Gasteiger partial charge in [0.2, 0.25) is 0 Å². The summed E-state index contributed by atoms with van der Waals surface area (Å²) in [5, 5.41) is 0.196. The topological polar surface area (TPSA) is 38.0 Å². The van der Waals surface area contributed by atoms with E-state index in [0.717, 1.165) is 6.42 Å². The maximum absolute atomic E-state index is 14.3. The molecule has 2 atom stereocenters. The van der Waals surface area contributed by atoms with E-state index in [1.165, 1.54) is 10.5 Å². The molecule has 5 heteroatoms. The van der Waals surface area contributed by atoms with Gasteiger partial charge in [-0.05, 0) is 40.0 Å². The van der Waals surface area contributed by atoms with Crippen LogP contribution in [0.1, 0.15) is 17.2 Å². The quantitative estimate of drug-likeness (QED) is 0.651. The maximum atomic E-state index is 14.3. The summed E-state index contributed by atoms with van der Waals surface area (Å²) < 4.78 is 14.7. The van der Waals surface area contributed by atoms with E-state index in [1.807, 2.05) is 18.2 Å². The van der Waals surface area contributed by atoms with Gasteiger partial charge in [0.1, 0.15) is 5.82 Å². The molecule has 20 heavy (non-hydrogen) atoms. The predicted molar refractivity (Wildman–Crippen MR) is 84.0 cm³/mol. The van der Waals surface area contributed by atoms with Crippen molar-refractivity contribution in [3.63, 3.8) is 0 Å². The first-order chi connectivity index (χ1) is 9.70. The van der Waals surface area contributed by atoms with Gasteiger partial charge in [-0.2, -0.15) is 0 Å². The molecular formula is C15H14BrFN2S. The highest BCUT2D eigenvalue weighted by molar-refractivity contribution is 9.10. The molecule has 0 aromatic heterocycles. The van der Waals surface area contributed by atoms with Gasteiger partial charge in [0.25, 0.3) is 0 Å². The minimum absolute atomic E-state index is 0.196. The molecule has 3 N–H and O–H groups in total. The molecule has 0 saturated carbocycles. The molecule has 3 rings (SSSR count). The number of rotatable bonds is 3. The number of nitrogens with two attached hydrogens (primary N) is 1. The Kier molecular flexibility index (Phi) is 4.12. The van der Waals surface area contributed by atoms with Gasteiger partial charge in [-0.15, -0.1) is 11.8 Å². The van der Waals surface area contributed by atoms with Crippen LogP contribution >= 0.6 is 27.7 Å². The number of nitrogens with one attached hydrogen (secondary N) is 1. The first-order valence-electron chi connectivity index (χ1n) is 6.35. The third kappa shape index (κ3) is 2.51. The normalized spacial score (nSPS) is 18.9. The molecule has 2 aromatic carbocycles. The Balaban J connectivity index is 1.91. The second-order valence-electron chi connectivity index (χ2n) is 4.76. The number of halogens is 2. The van der Waals surface area contributed by atoms with Crippen LogP contribution in [0.25, 0.3) is 0 Å². The number of benzene rings is 2. The van der Waals surface area contributed by atoms with E-state index in [2.05, 4.69) is 33.5 Å². The van der Waals surface area contributed by atoms with E-state index in [1.54, 1.807) is 23.9 Å². The van der Waals surface area contributed by atoms with Crippen molar-refractivity contribution in [1.82, 2.24) is 5.43 Å². The molecule has 2 unspecified atom stereocenters. The van der Waals surface area contributed by atoms with Gasteiger partial charge in [-0.3, -0.25) is 11.3 Å². The van der Waals surface area contributed by atoms with Gasteiger partial charge in [-0.25, -0.2) is 4.39 Å². The lowest BCUT2D eigenvalue weighted by atomic mass is 9.99. The third-order valence-corrected chi connectivity index (χ3v) is 5.55. The van der Waals surface area contributed by atoms with E-state index >= 15 is 0 Å². The number of hydrogen-bond donors (Lipinski definition) is 2. The SMILES string of the molecule is NNC(c1cccc(Br)c1F)C1Cc2ccccc2S1. The Labute approximate surface area is 130 Å². The lowest BCUT2D eigenvalue weighted by Crippen LogP contribution is -2.35. The Morgan fingerprint density at radius 1 is 1.25 bits per heavy atom. The molecule has 0 aliphatic carbocycles. The summed E-state index contributed by atoms with van der Waals surface area (Å²) in [7, 11) is 0. The molecular weight excluding hydrogens is 339 g/mol. The van der Waals surface area contributed by atoms with E-state index in [0.29, 0.717) is 10.0 Å². The van der Waals surface area contributed by atoms with Crippen LogP contribution in [-0.4, -0.2) is 5.25 Å². The number of hydrazine groups is 1. The van der Waals surface area contributed by atoms with E-state index in [9.17, 15) is 4.39 Å². The molecule has 104 valence electrons. The standard InChI is InChI=1S/C15H14BrFN2S/c16-11-6-3-5-10(14(11)17)15(19-18)13-8-9-4-1-2-7-12(9)20-13/h1-7,13,15,19H,8,18H2. The highest BCUT2D eigenvalue weighted by atomic mass is 79.9. The zero-order chi connectivity index (χ0) is 14.1. The molecule has 0 radical (unpaired) electrons. The summed E-state index contributed by atoms with van der Waals surface area (Å²) in [6, 6.07) is 13.4. The van der Waals surface area contributed by atoms with Crippen LogP contribution in [0.2, 0.25) is 0 Å². The van der Waals surface area contributed by atoms with Gasteiger partial charge in [0, 0.05) is 15.7 Å². The predicted octanol–water partition coefficient (Wildman–Crippen LogP) is 3.81. The number of thioether (sulfide) groups is 1. The average Bonchev–Trinajstić information content (AvgIpc) is 2.87. The van der Waals surface area contributed by atoms with Crippen molar-refractivity contribution in [3.8, 4) is 0 Å². The molecule has 2 aromatic rings. The Bertz CT molecular complexity index is 610. The number of fused-ring (bicyclic) bond motifs is 1. The first-order valence-corrected chi connectivity index (χ1v) is 8.02. The van der Waals surface area contributed by atoms with Crippen molar-refractivity contribution in [2.45, 2.75) is 22.6 Å². The summed E-state index contributed by atoms with van der Waals surface area (Å²) in [5.41, 5.74) is 4.69. The van der Waals surface area contributed by atoms with Gasteiger partial charge >= 0.3 is 0 Å². The van der Waals surface area contributed by atoms with Crippen LogP contribution in [0.3, 0.4) is 0 Å². The second-order valence-corrected chi connectivity index (χ2v) is 6.89. The minimum Gasteiger partial charge on any atom is -0.271 e. The number of hydrogen-bond acceptors (Lipinski definition) is 3. The Hall–Kier alpha value is -0.880. The summed E-state index contributed by atoms with van der Waals surface area (Å²) in [5.74, 6) is 5.45. The third-order valence-electron chi connectivity index (χ3n) is 3.54. The largest absolute Gasteiger partial charge is 0.271 e. The van der Waals surface area contributed by atoms with Crippen molar-refractivity contribution >= 4 is 27.7 Å². The smallest absolute Gasteiger partial charge is 0.142 e. The van der Waals surface area contributed by atoms with Gasteiger partial charge in [0.05, 0.1) is 10.5 Å². The summed E-state index contributed by atoms with van der Waals surface area (Å²) in [4.78, 5) is 1.26. The molecule has 2 nitrogen and oxygen atoms in total. The zero-order valence-corrected chi connectivity index (χ0v) is 13.0. The van der Waals surface area contributed by atoms with E-state index < -0.39 is 0 Å². The van der Waals surface area contributed by atoms with Crippen LogP contribution in [0, 0.1) is 5.82 Å². The van der Waals surface area contributed by atoms with E-state index in [4.69, 9.17) is 5.84 Å². The van der Waals surface area contributed by atoms with Crippen LogP contribution in [0.4, 0.5) is 4.39 Å². The van der Waals surface area contributed by atoms with Gasteiger partial charge in [-0.1, -0.05) is 30.3 Å². The van der Waals surface area contributed by atoms with E-state index in [-0.39, 0.29) is 17.1 Å². The van der Waals surface area contributed by atoms with Crippen LogP contribution in [-0.2, 0) is 6.42 Å².